The molecular weight excluding hydrogens is 325 g/mol. The molecule has 0 radical (unpaired) electrons. The number of hydrogen-bond acceptors (Lipinski definition) is 1. The van der Waals surface area contributed by atoms with Gasteiger partial charge in [0, 0.05) is 11.1 Å². The highest BCUT2D eigenvalue weighted by Gasteiger charge is 2.33. The Bertz CT molecular complexity index is 764. The quantitative estimate of drug-likeness (QED) is 0.639. The molecule has 2 aromatic rings. The van der Waals surface area contributed by atoms with E-state index in [4.69, 9.17) is 17.3 Å². The Balaban J connectivity index is 2.50. The van der Waals surface area contributed by atoms with Gasteiger partial charge in [-0.3, -0.25) is 0 Å². The molecule has 2 N–H and O–H groups in total. The fourth-order valence-electron chi connectivity index (χ4n) is 1.99. The molecule has 2 nitrogen and oxygen atoms in total. The summed E-state index contributed by atoms with van der Waals surface area (Å²) in [6.07, 6.45) is -2.90. The topological polar surface area (TPSA) is 38.4 Å². The minimum Gasteiger partial charge on any atom is -0.383 e. The van der Waals surface area contributed by atoms with E-state index in [2.05, 4.69) is 17.1 Å². The van der Waals surface area contributed by atoms with Gasteiger partial charge in [-0.05, 0) is 31.2 Å². The van der Waals surface area contributed by atoms with Gasteiger partial charge in [-0.15, -0.1) is 0 Å². The van der Waals surface area contributed by atoms with E-state index in [0.717, 1.165) is 6.07 Å². The summed E-state index contributed by atoms with van der Waals surface area (Å²) >= 11 is 6.01. The summed E-state index contributed by atoms with van der Waals surface area (Å²) in [6, 6.07) is 13.6. The highest BCUT2D eigenvalue weighted by molar-refractivity contribution is 6.32. The Labute approximate surface area is 137 Å². The maximum Gasteiger partial charge on any atom is 0.417 e. The van der Waals surface area contributed by atoms with Crippen LogP contribution in [0.2, 0.25) is 5.02 Å². The fraction of sp³-hybridized carbons (Fsp3) is 0.118. The summed E-state index contributed by atoms with van der Waals surface area (Å²) in [6.45, 7) is 1.69. The molecule has 0 aliphatic carbocycles. The maximum atomic E-state index is 13.1. The van der Waals surface area contributed by atoms with Gasteiger partial charge in [0.2, 0.25) is 0 Å². The number of aliphatic imine (C=N–C) groups is 1. The predicted molar refractivity (Wildman–Crippen MR) is 84.9 cm³/mol. The number of nitrogens with zero attached hydrogens (tertiary/aromatic N) is 1. The Morgan fingerprint density at radius 1 is 1.22 bits per heavy atom. The van der Waals surface area contributed by atoms with Crippen LogP contribution < -0.4 is 5.73 Å². The van der Waals surface area contributed by atoms with Gasteiger partial charge in [0.15, 0.2) is 0 Å². The largest absolute Gasteiger partial charge is 0.417 e. The average molecular weight is 337 g/mol. The fourth-order valence-corrected chi connectivity index (χ4v) is 2.21. The number of halogens is 4. The number of allylic oxidation sites excluding steroid dienone is 1. The monoisotopic (exact) mass is 336 g/mol. The number of benzene rings is 1. The van der Waals surface area contributed by atoms with Crippen molar-refractivity contribution in [3.63, 3.8) is 0 Å². The molecule has 2 aromatic carbocycles. The van der Waals surface area contributed by atoms with E-state index in [9.17, 15) is 13.2 Å². The van der Waals surface area contributed by atoms with Crippen LogP contribution in [0.25, 0.3) is 5.70 Å². The van der Waals surface area contributed by atoms with Crippen molar-refractivity contribution in [2.45, 2.75) is 13.1 Å². The first kappa shape index (κ1) is 16.9. The van der Waals surface area contributed by atoms with E-state index in [1.807, 2.05) is 0 Å². The van der Waals surface area contributed by atoms with Crippen LogP contribution in [0, 0.1) is 12.1 Å². The third-order valence-corrected chi connectivity index (χ3v) is 3.35. The van der Waals surface area contributed by atoms with E-state index in [0.29, 0.717) is 11.3 Å². The van der Waals surface area contributed by atoms with Crippen molar-refractivity contribution >= 4 is 23.1 Å². The lowest BCUT2D eigenvalue weighted by atomic mass is 10.1. The molecule has 2 rings (SSSR count). The molecule has 0 aliphatic heterocycles. The number of nitrogens with two attached hydrogens (primary N) is 1. The molecule has 0 saturated heterocycles. The van der Waals surface area contributed by atoms with Gasteiger partial charge in [-0.25, -0.2) is 4.99 Å². The van der Waals surface area contributed by atoms with Gasteiger partial charge in [-0.2, -0.15) is 13.2 Å². The van der Waals surface area contributed by atoms with E-state index in [1.54, 1.807) is 25.1 Å². The molecule has 23 heavy (non-hydrogen) atoms. The van der Waals surface area contributed by atoms with Crippen LogP contribution in [-0.2, 0) is 6.18 Å². The Morgan fingerprint density at radius 3 is 2.52 bits per heavy atom. The molecule has 0 unspecified atom stereocenters. The average Bonchev–Trinajstić information content (AvgIpc) is 2.52. The zero-order valence-electron chi connectivity index (χ0n) is 12.1. The summed E-state index contributed by atoms with van der Waals surface area (Å²) in [5.41, 5.74) is 5.66. The minimum absolute atomic E-state index is 0.179. The van der Waals surface area contributed by atoms with Crippen LogP contribution in [-0.4, -0.2) is 5.84 Å². The number of hydrogen-bond donors (Lipinski definition) is 1. The highest BCUT2D eigenvalue weighted by atomic mass is 35.5. The third kappa shape index (κ3) is 3.85. The van der Waals surface area contributed by atoms with E-state index < -0.39 is 11.7 Å². The SMILES string of the molecule is C/C=C(\N=C(N)c1ccccc1C(F)(F)F)c1ccc#cc1Cl. The standard InChI is InChI=1S/C17H12ClF3N2/c1-2-15(12-8-4-6-10-14(12)18)23-16(22)11-7-3-5-9-13(11)17(19,20)21/h2-5,7-9H,1H3,(H2,22,23)/b15-2-. The van der Waals surface area contributed by atoms with Crippen LogP contribution in [0.15, 0.2) is 47.5 Å². The molecule has 0 aromatic heterocycles. The van der Waals surface area contributed by atoms with Gasteiger partial charge in [0.25, 0.3) is 0 Å². The molecule has 0 spiro atoms. The summed E-state index contributed by atoms with van der Waals surface area (Å²) in [5.74, 6) is -0.241. The number of alkyl halides is 3. The van der Waals surface area contributed by atoms with E-state index >= 15 is 0 Å². The minimum atomic E-state index is -4.51. The molecule has 0 heterocycles. The number of rotatable bonds is 3. The molecule has 118 valence electrons. The van der Waals surface area contributed by atoms with Crippen molar-refractivity contribution in [2.75, 3.05) is 0 Å². The molecule has 0 aliphatic rings. The summed E-state index contributed by atoms with van der Waals surface area (Å²) in [7, 11) is 0. The van der Waals surface area contributed by atoms with E-state index in [-0.39, 0.29) is 16.4 Å². The van der Waals surface area contributed by atoms with Crippen molar-refractivity contribution in [1.82, 2.24) is 0 Å². The van der Waals surface area contributed by atoms with Gasteiger partial charge < -0.3 is 5.73 Å². The van der Waals surface area contributed by atoms with Crippen molar-refractivity contribution in [2.24, 2.45) is 10.7 Å². The molecule has 0 atom stereocenters. The van der Waals surface area contributed by atoms with Crippen LogP contribution in [0.1, 0.15) is 23.6 Å². The zero-order chi connectivity index (χ0) is 17.0. The van der Waals surface area contributed by atoms with Crippen molar-refractivity contribution in [1.29, 1.82) is 0 Å². The third-order valence-electron chi connectivity index (χ3n) is 3.05. The van der Waals surface area contributed by atoms with Gasteiger partial charge in [0.1, 0.15) is 10.9 Å². The molecular formula is C17H12ClF3N2. The first-order chi connectivity index (χ1) is 10.8. The van der Waals surface area contributed by atoms with Crippen molar-refractivity contribution in [3.05, 3.63) is 76.3 Å². The van der Waals surface area contributed by atoms with Crippen molar-refractivity contribution in [3.8, 4) is 0 Å². The summed E-state index contributed by atoms with van der Waals surface area (Å²) < 4.78 is 39.2. The van der Waals surface area contributed by atoms with Crippen LogP contribution in [0.3, 0.4) is 0 Å². The van der Waals surface area contributed by atoms with E-state index in [1.165, 1.54) is 18.2 Å². The first-order valence-electron chi connectivity index (χ1n) is 6.60. The molecule has 0 fully saturated rings. The summed E-state index contributed by atoms with van der Waals surface area (Å²) in [5, 5.41) is 0.265. The Hall–Kier alpha value is -2.45. The van der Waals surface area contributed by atoms with Crippen LogP contribution >= 0.6 is 11.6 Å². The maximum absolute atomic E-state index is 13.1. The van der Waals surface area contributed by atoms with Gasteiger partial charge in [-0.1, -0.05) is 41.9 Å². The zero-order valence-corrected chi connectivity index (χ0v) is 12.8. The van der Waals surface area contributed by atoms with Gasteiger partial charge in [0.05, 0.1) is 11.3 Å². The summed E-state index contributed by atoms with van der Waals surface area (Å²) in [4.78, 5) is 4.11. The number of amidine groups is 1. The lowest BCUT2D eigenvalue weighted by Crippen LogP contribution is -2.20. The Morgan fingerprint density at radius 2 is 1.91 bits per heavy atom. The second kappa shape index (κ2) is 6.76. The van der Waals surface area contributed by atoms with Crippen LogP contribution in [0.5, 0.6) is 0 Å². The molecule has 0 saturated carbocycles. The molecule has 6 heteroatoms. The lowest BCUT2D eigenvalue weighted by Gasteiger charge is -2.12. The normalized spacial score (nSPS) is 12.9. The first-order valence-corrected chi connectivity index (χ1v) is 6.97. The van der Waals surface area contributed by atoms with Crippen molar-refractivity contribution < 1.29 is 13.2 Å². The molecule has 0 bridgehead atoms. The lowest BCUT2D eigenvalue weighted by molar-refractivity contribution is -0.137. The Kier molecular flexibility index (Phi) is 4.97. The van der Waals surface area contributed by atoms with Crippen LogP contribution in [0.4, 0.5) is 13.2 Å². The van der Waals surface area contributed by atoms with Gasteiger partial charge >= 0.3 is 6.18 Å². The second-order valence-corrected chi connectivity index (χ2v) is 4.92. The smallest absolute Gasteiger partial charge is 0.383 e. The molecule has 0 amide bonds. The predicted octanol–water partition coefficient (Wildman–Crippen LogP) is 4.73. The highest BCUT2D eigenvalue weighted by Crippen LogP contribution is 2.32. The second-order valence-electron chi connectivity index (χ2n) is 4.54.